The minimum absolute atomic E-state index is 0.00768. The molecule has 0 saturated carbocycles. The highest BCUT2D eigenvalue weighted by Crippen LogP contribution is 2.08. The van der Waals surface area contributed by atoms with Crippen LogP contribution in [-0.4, -0.2) is 34.7 Å². The number of nitrogens with one attached hydrogen (secondary N) is 1. The van der Waals surface area contributed by atoms with Gasteiger partial charge in [-0.3, -0.25) is 9.59 Å². The highest BCUT2D eigenvalue weighted by atomic mass is 16.6. The van der Waals surface area contributed by atoms with Gasteiger partial charge in [0.2, 0.25) is 5.91 Å². The van der Waals surface area contributed by atoms with Crippen molar-refractivity contribution in [3.63, 3.8) is 0 Å². The van der Waals surface area contributed by atoms with E-state index in [0.717, 1.165) is 0 Å². The van der Waals surface area contributed by atoms with Gasteiger partial charge in [0.05, 0.1) is 6.42 Å². The van der Waals surface area contributed by atoms with E-state index in [-0.39, 0.29) is 19.3 Å². The number of primary amides is 1. The molecule has 104 valence electrons. The summed E-state index contributed by atoms with van der Waals surface area (Å²) in [5.41, 5.74) is 4.31. The molecule has 0 saturated heterocycles. The highest BCUT2D eigenvalue weighted by molar-refractivity contribution is 5.74. The summed E-state index contributed by atoms with van der Waals surface area (Å²) in [6.07, 6.45) is -0.820. The predicted molar refractivity (Wildman–Crippen MR) is 63.8 cm³/mol. The van der Waals surface area contributed by atoms with Crippen molar-refractivity contribution in [3.8, 4) is 0 Å². The first kappa shape index (κ1) is 16.2. The number of alkyl carbamates (subject to hydrolysis) is 1. The van der Waals surface area contributed by atoms with E-state index in [1.807, 2.05) is 0 Å². The summed E-state index contributed by atoms with van der Waals surface area (Å²) in [5, 5.41) is 11.1. The van der Waals surface area contributed by atoms with Gasteiger partial charge in [-0.2, -0.15) is 0 Å². The van der Waals surface area contributed by atoms with Gasteiger partial charge in [-0.25, -0.2) is 4.79 Å². The first-order chi connectivity index (χ1) is 8.10. The zero-order valence-corrected chi connectivity index (χ0v) is 10.9. The fraction of sp³-hybridized carbons (Fsp3) is 0.727. The second-order valence-corrected chi connectivity index (χ2v) is 4.95. The summed E-state index contributed by atoms with van der Waals surface area (Å²) in [6.45, 7) is 5.09. The van der Waals surface area contributed by atoms with Crippen molar-refractivity contribution in [2.45, 2.75) is 51.7 Å². The Morgan fingerprint density at radius 3 is 2.28 bits per heavy atom. The average Bonchev–Trinajstić information content (AvgIpc) is 2.09. The van der Waals surface area contributed by atoms with Gasteiger partial charge in [-0.1, -0.05) is 0 Å². The maximum atomic E-state index is 11.5. The summed E-state index contributed by atoms with van der Waals surface area (Å²) in [6, 6.07) is -0.676. The summed E-state index contributed by atoms with van der Waals surface area (Å²) in [4.78, 5) is 32.7. The number of nitrogens with two attached hydrogens (primary N) is 1. The van der Waals surface area contributed by atoms with Crippen LogP contribution in [0.2, 0.25) is 0 Å². The number of carboxylic acids is 1. The van der Waals surface area contributed by atoms with Crippen LogP contribution in [0.1, 0.15) is 40.0 Å². The molecule has 0 fully saturated rings. The van der Waals surface area contributed by atoms with Gasteiger partial charge in [-0.15, -0.1) is 0 Å². The van der Waals surface area contributed by atoms with Gasteiger partial charge < -0.3 is 20.9 Å². The number of rotatable bonds is 6. The third-order valence-corrected chi connectivity index (χ3v) is 1.88. The molecule has 0 aliphatic carbocycles. The summed E-state index contributed by atoms with van der Waals surface area (Å²) in [7, 11) is 0. The number of aliphatic carboxylic acids is 1. The Kier molecular flexibility index (Phi) is 6.15. The highest BCUT2D eigenvalue weighted by Gasteiger charge is 2.21. The molecule has 2 amide bonds. The molecule has 7 heteroatoms. The lowest BCUT2D eigenvalue weighted by Crippen LogP contribution is -2.40. The Labute approximate surface area is 106 Å². The molecule has 0 bridgehead atoms. The maximum Gasteiger partial charge on any atom is 0.407 e. The van der Waals surface area contributed by atoms with Gasteiger partial charge in [0, 0.05) is 12.5 Å². The lowest BCUT2D eigenvalue weighted by atomic mass is 10.1. The number of carbonyl (C=O) groups is 3. The molecule has 7 nitrogen and oxygen atoms in total. The summed E-state index contributed by atoms with van der Waals surface area (Å²) in [5.74, 6) is -1.61. The third-order valence-electron chi connectivity index (χ3n) is 1.88. The van der Waals surface area contributed by atoms with Crippen molar-refractivity contribution in [3.05, 3.63) is 0 Å². The fourth-order valence-electron chi connectivity index (χ4n) is 1.23. The Balaban J connectivity index is 4.34. The monoisotopic (exact) mass is 260 g/mol. The van der Waals surface area contributed by atoms with E-state index in [0.29, 0.717) is 0 Å². The summed E-state index contributed by atoms with van der Waals surface area (Å²) >= 11 is 0. The number of amides is 2. The minimum atomic E-state index is -1.07. The number of hydrogen-bond donors (Lipinski definition) is 3. The molecular formula is C11H20N2O5. The van der Waals surface area contributed by atoms with Gasteiger partial charge >= 0.3 is 12.1 Å². The van der Waals surface area contributed by atoms with Crippen LogP contribution in [0.15, 0.2) is 0 Å². The maximum absolute atomic E-state index is 11.5. The SMILES string of the molecule is CC(C)(C)OC(=O)NC(CCC(N)=O)CC(=O)O. The number of carboxylic acid groups (broad SMARTS) is 1. The fourth-order valence-corrected chi connectivity index (χ4v) is 1.23. The van der Waals surface area contributed by atoms with Crippen LogP contribution in [0, 0.1) is 0 Å². The zero-order chi connectivity index (χ0) is 14.3. The molecule has 0 heterocycles. The molecule has 0 radical (unpaired) electrons. The lowest BCUT2D eigenvalue weighted by Gasteiger charge is -2.22. The number of hydrogen-bond acceptors (Lipinski definition) is 4. The molecule has 0 rings (SSSR count). The molecule has 1 unspecified atom stereocenters. The largest absolute Gasteiger partial charge is 0.481 e. The van der Waals surface area contributed by atoms with Crippen molar-refractivity contribution in [1.29, 1.82) is 0 Å². The first-order valence-electron chi connectivity index (χ1n) is 5.60. The van der Waals surface area contributed by atoms with Crippen molar-refractivity contribution >= 4 is 18.0 Å². The quantitative estimate of drug-likeness (QED) is 0.646. The summed E-state index contributed by atoms with van der Waals surface area (Å²) < 4.78 is 5.00. The van der Waals surface area contributed by atoms with Crippen LogP contribution >= 0.6 is 0 Å². The topological polar surface area (TPSA) is 119 Å². The minimum Gasteiger partial charge on any atom is -0.481 e. The Hall–Kier alpha value is -1.79. The molecule has 4 N–H and O–H groups in total. The third kappa shape index (κ3) is 9.44. The molecule has 0 spiro atoms. The van der Waals surface area contributed by atoms with Gasteiger partial charge in [0.25, 0.3) is 0 Å². The number of ether oxygens (including phenoxy) is 1. The van der Waals surface area contributed by atoms with E-state index in [1.165, 1.54) is 0 Å². The lowest BCUT2D eigenvalue weighted by molar-refractivity contribution is -0.137. The molecule has 0 aliphatic heterocycles. The number of carbonyl (C=O) groups excluding carboxylic acids is 2. The van der Waals surface area contributed by atoms with Crippen molar-refractivity contribution < 1.29 is 24.2 Å². The smallest absolute Gasteiger partial charge is 0.407 e. The Morgan fingerprint density at radius 2 is 1.89 bits per heavy atom. The van der Waals surface area contributed by atoms with Crippen LogP contribution in [-0.2, 0) is 14.3 Å². The van der Waals surface area contributed by atoms with Crippen LogP contribution in [0.25, 0.3) is 0 Å². The van der Waals surface area contributed by atoms with Crippen molar-refractivity contribution in [2.75, 3.05) is 0 Å². The van der Waals surface area contributed by atoms with Crippen LogP contribution in [0.4, 0.5) is 4.79 Å². The second-order valence-electron chi connectivity index (χ2n) is 4.95. The molecule has 18 heavy (non-hydrogen) atoms. The zero-order valence-electron chi connectivity index (χ0n) is 10.9. The molecule has 0 aromatic rings. The van der Waals surface area contributed by atoms with Crippen LogP contribution in [0.3, 0.4) is 0 Å². The van der Waals surface area contributed by atoms with Crippen molar-refractivity contribution in [2.24, 2.45) is 5.73 Å². The first-order valence-corrected chi connectivity index (χ1v) is 5.60. The van der Waals surface area contributed by atoms with Crippen molar-refractivity contribution in [1.82, 2.24) is 5.32 Å². The average molecular weight is 260 g/mol. The predicted octanol–water partition coefficient (Wildman–Crippen LogP) is 0.620. The van der Waals surface area contributed by atoms with Gasteiger partial charge in [0.1, 0.15) is 5.60 Å². The Morgan fingerprint density at radius 1 is 1.33 bits per heavy atom. The van der Waals surface area contributed by atoms with Gasteiger partial charge in [0.15, 0.2) is 0 Å². The van der Waals surface area contributed by atoms with Gasteiger partial charge in [-0.05, 0) is 27.2 Å². The van der Waals surface area contributed by atoms with Crippen LogP contribution in [0.5, 0.6) is 0 Å². The standard InChI is InChI=1S/C11H20N2O5/c1-11(2,3)18-10(17)13-7(6-9(15)16)4-5-8(12)14/h7H,4-6H2,1-3H3,(H2,12,14)(H,13,17)(H,15,16). The normalized spacial score (nSPS) is 12.6. The second kappa shape index (κ2) is 6.83. The molecule has 0 aromatic carbocycles. The van der Waals surface area contributed by atoms with E-state index >= 15 is 0 Å². The van der Waals surface area contributed by atoms with Crippen LogP contribution < -0.4 is 11.1 Å². The molecule has 0 aromatic heterocycles. The Bertz CT molecular complexity index is 322. The van der Waals surface area contributed by atoms with E-state index in [9.17, 15) is 14.4 Å². The van der Waals surface area contributed by atoms with E-state index in [2.05, 4.69) is 5.32 Å². The van der Waals surface area contributed by atoms with E-state index in [4.69, 9.17) is 15.6 Å². The molecule has 1 atom stereocenters. The van der Waals surface area contributed by atoms with E-state index in [1.54, 1.807) is 20.8 Å². The molecular weight excluding hydrogens is 240 g/mol. The molecule has 0 aliphatic rings. The van der Waals surface area contributed by atoms with E-state index < -0.39 is 29.6 Å².